The number of rotatable bonds is 4. The number of carbonyl (C=O) groups excluding carboxylic acids is 1. The average Bonchev–Trinajstić information content (AvgIpc) is 2.80. The summed E-state index contributed by atoms with van der Waals surface area (Å²) in [7, 11) is 0. The van der Waals surface area contributed by atoms with Gasteiger partial charge in [-0.2, -0.15) is 0 Å². The van der Waals surface area contributed by atoms with Gasteiger partial charge in [-0.1, -0.05) is 19.3 Å². The molecule has 88 valence electrons. The predicted molar refractivity (Wildman–Crippen MR) is 69.6 cm³/mol. The highest BCUT2D eigenvalue weighted by Gasteiger charge is 2.21. The molecule has 0 unspecified atom stereocenters. The Morgan fingerprint density at radius 1 is 1.38 bits per heavy atom. The van der Waals surface area contributed by atoms with Crippen LogP contribution in [0.1, 0.15) is 48.7 Å². The Labute approximate surface area is 101 Å². The second-order valence-corrected chi connectivity index (χ2v) is 5.47. The largest absolute Gasteiger partial charge is 0.361 e. The van der Waals surface area contributed by atoms with Crippen LogP contribution in [0.2, 0.25) is 0 Å². The normalized spacial score (nSPS) is 17.3. The van der Waals surface area contributed by atoms with E-state index in [9.17, 15) is 4.79 Å². The van der Waals surface area contributed by atoms with Gasteiger partial charge >= 0.3 is 0 Å². The number of aldehydes is 1. The fraction of sp³-hybridized carbons (Fsp3) is 0.615. The quantitative estimate of drug-likeness (QED) is 0.744. The lowest BCUT2D eigenvalue weighted by Crippen LogP contribution is -2.36. The molecular weight excluding hydrogens is 218 g/mol. The first-order valence-corrected chi connectivity index (χ1v) is 6.98. The van der Waals surface area contributed by atoms with E-state index in [1.165, 1.54) is 37.1 Å². The van der Waals surface area contributed by atoms with Crippen molar-refractivity contribution in [2.45, 2.75) is 45.1 Å². The highest BCUT2D eigenvalue weighted by Crippen LogP contribution is 2.31. The molecule has 0 bridgehead atoms. The number of nitrogens with zero attached hydrogens (tertiary/aromatic N) is 1. The molecule has 0 radical (unpaired) electrons. The summed E-state index contributed by atoms with van der Waals surface area (Å²) in [6.07, 6.45) is 7.66. The minimum Gasteiger partial charge on any atom is -0.361 e. The number of carbonyl (C=O) groups is 1. The lowest BCUT2D eigenvalue weighted by atomic mass is 9.94. The monoisotopic (exact) mass is 237 g/mol. The van der Waals surface area contributed by atoms with Crippen LogP contribution < -0.4 is 4.90 Å². The van der Waals surface area contributed by atoms with Crippen molar-refractivity contribution >= 4 is 22.6 Å². The number of thiophene rings is 1. The van der Waals surface area contributed by atoms with Gasteiger partial charge in [0.15, 0.2) is 6.29 Å². The maximum atomic E-state index is 10.7. The molecule has 0 N–H and O–H groups in total. The van der Waals surface area contributed by atoms with E-state index in [0.29, 0.717) is 6.04 Å². The lowest BCUT2D eigenvalue weighted by Gasteiger charge is -2.34. The summed E-state index contributed by atoms with van der Waals surface area (Å²) in [6.45, 7) is 3.25. The number of hydrogen-bond acceptors (Lipinski definition) is 3. The fourth-order valence-electron chi connectivity index (χ4n) is 2.55. The first-order chi connectivity index (χ1) is 7.85. The maximum absolute atomic E-state index is 10.7. The Balaban J connectivity index is 2.10. The molecule has 0 aliphatic heterocycles. The molecule has 0 saturated heterocycles. The Hall–Kier alpha value is -0.830. The van der Waals surface area contributed by atoms with Crippen molar-refractivity contribution in [1.82, 2.24) is 0 Å². The SMILES string of the molecule is CCN(c1ccc(C=O)s1)C1CCCCC1. The molecule has 1 aromatic rings. The van der Waals surface area contributed by atoms with Crippen molar-refractivity contribution < 1.29 is 4.79 Å². The predicted octanol–water partition coefficient (Wildman–Crippen LogP) is 3.72. The first kappa shape index (κ1) is 11.6. The van der Waals surface area contributed by atoms with Crippen LogP contribution in [0.3, 0.4) is 0 Å². The average molecular weight is 237 g/mol. The summed E-state index contributed by atoms with van der Waals surface area (Å²) in [5, 5.41) is 1.26. The van der Waals surface area contributed by atoms with Crippen molar-refractivity contribution in [3.63, 3.8) is 0 Å². The molecule has 1 aliphatic rings. The van der Waals surface area contributed by atoms with Gasteiger partial charge in [0.1, 0.15) is 0 Å². The molecule has 3 heteroatoms. The summed E-state index contributed by atoms with van der Waals surface area (Å²) < 4.78 is 0. The first-order valence-electron chi connectivity index (χ1n) is 6.16. The summed E-state index contributed by atoms with van der Waals surface area (Å²) in [5.41, 5.74) is 0. The van der Waals surface area contributed by atoms with Crippen LogP contribution in [0.25, 0.3) is 0 Å². The van der Waals surface area contributed by atoms with Crippen molar-refractivity contribution in [3.8, 4) is 0 Å². The zero-order valence-electron chi connectivity index (χ0n) is 9.82. The second-order valence-electron chi connectivity index (χ2n) is 4.37. The minimum absolute atomic E-state index is 0.692. The molecule has 1 saturated carbocycles. The van der Waals surface area contributed by atoms with Crippen molar-refractivity contribution in [3.05, 3.63) is 17.0 Å². The zero-order valence-corrected chi connectivity index (χ0v) is 10.6. The molecule has 0 aromatic carbocycles. The molecule has 2 nitrogen and oxygen atoms in total. The van der Waals surface area contributed by atoms with Gasteiger partial charge in [-0.25, -0.2) is 0 Å². The molecule has 2 rings (SSSR count). The summed E-state index contributed by atoms with van der Waals surface area (Å²) >= 11 is 1.62. The van der Waals surface area contributed by atoms with Gasteiger partial charge in [0.05, 0.1) is 9.88 Å². The molecule has 16 heavy (non-hydrogen) atoms. The summed E-state index contributed by atoms with van der Waals surface area (Å²) in [6, 6.07) is 4.71. The van der Waals surface area contributed by atoms with Crippen LogP contribution >= 0.6 is 11.3 Å². The maximum Gasteiger partial charge on any atom is 0.160 e. The molecule has 1 aromatic heterocycles. The van der Waals surface area contributed by atoms with Crippen molar-refractivity contribution in [2.75, 3.05) is 11.4 Å². The van der Waals surface area contributed by atoms with Crippen molar-refractivity contribution in [2.24, 2.45) is 0 Å². The van der Waals surface area contributed by atoms with E-state index >= 15 is 0 Å². The van der Waals surface area contributed by atoms with E-state index in [0.717, 1.165) is 17.7 Å². The standard InChI is InChI=1S/C13H19NOS/c1-2-14(11-6-4-3-5-7-11)13-9-8-12(10-15)16-13/h8-11H,2-7H2,1H3. The van der Waals surface area contributed by atoms with Gasteiger partial charge in [0, 0.05) is 12.6 Å². The van der Waals surface area contributed by atoms with E-state index in [1.54, 1.807) is 11.3 Å². The van der Waals surface area contributed by atoms with E-state index in [4.69, 9.17) is 0 Å². The van der Waals surface area contributed by atoms with Crippen LogP contribution in [-0.2, 0) is 0 Å². The van der Waals surface area contributed by atoms with Gasteiger partial charge in [-0.05, 0) is 31.9 Å². The summed E-state index contributed by atoms with van der Waals surface area (Å²) in [5.74, 6) is 0. The molecule has 0 atom stereocenters. The van der Waals surface area contributed by atoms with Crippen LogP contribution in [0.5, 0.6) is 0 Å². The lowest BCUT2D eigenvalue weighted by molar-refractivity contribution is 0.112. The highest BCUT2D eigenvalue weighted by molar-refractivity contribution is 7.17. The van der Waals surface area contributed by atoms with E-state index in [-0.39, 0.29) is 0 Å². The number of anilines is 1. The third-order valence-electron chi connectivity index (χ3n) is 3.37. The topological polar surface area (TPSA) is 20.3 Å². The van der Waals surface area contributed by atoms with E-state index in [2.05, 4.69) is 17.9 Å². The van der Waals surface area contributed by atoms with Gasteiger partial charge in [-0.15, -0.1) is 11.3 Å². The Morgan fingerprint density at radius 2 is 2.12 bits per heavy atom. The Kier molecular flexibility index (Phi) is 3.99. The smallest absolute Gasteiger partial charge is 0.160 e. The zero-order chi connectivity index (χ0) is 11.4. The van der Waals surface area contributed by atoms with Crippen LogP contribution in [0, 0.1) is 0 Å². The van der Waals surface area contributed by atoms with Crippen molar-refractivity contribution in [1.29, 1.82) is 0 Å². The second kappa shape index (κ2) is 5.48. The minimum atomic E-state index is 0.692. The van der Waals surface area contributed by atoms with E-state index in [1.807, 2.05) is 6.07 Å². The van der Waals surface area contributed by atoms with Gasteiger partial charge < -0.3 is 4.90 Å². The van der Waals surface area contributed by atoms with Crippen LogP contribution in [0.15, 0.2) is 12.1 Å². The molecular formula is C13H19NOS. The fourth-order valence-corrected chi connectivity index (χ4v) is 3.50. The Bertz CT molecular complexity index is 341. The van der Waals surface area contributed by atoms with Crippen LogP contribution in [0.4, 0.5) is 5.00 Å². The van der Waals surface area contributed by atoms with Crippen LogP contribution in [-0.4, -0.2) is 18.9 Å². The van der Waals surface area contributed by atoms with E-state index < -0.39 is 0 Å². The highest BCUT2D eigenvalue weighted by atomic mass is 32.1. The van der Waals surface area contributed by atoms with Gasteiger partial charge in [0.2, 0.25) is 0 Å². The third-order valence-corrected chi connectivity index (χ3v) is 4.42. The van der Waals surface area contributed by atoms with Gasteiger partial charge in [-0.3, -0.25) is 4.79 Å². The summed E-state index contributed by atoms with van der Waals surface area (Å²) in [4.78, 5) is 14.0. The molecule has 0 amide bonds. The molecule has 0 spiro atoms. The van der Waals surface area contributed by atoms with Gasteiger partial charge in [0.25, 0.3) is 0 Å². The third kappa shape index (κ3) is 2.46. The Morgan fingerprint density at radius 3 is 2.69 bits per heavy atom. The molecule has 1 fully saturated rings. The molecule has 1 heterocycles. The molecule has 1 aliphatic carbocycles. The number of hydrogen-bond donors (Lipinski definition) is 0.